The van der Waals surface area contributed by atoms with Crippen molar-refractivity contribution in [2.75, 3.05) is 13.2 Å². The van der Waals surface area contributed by atoms with Gasteiger partial charge in [0.15, 0.2) is 0 Å². The lowest BCUT2D eigenvalue weighted by Gasteiger charge is -2.24. The number of para-hydroxylation sites is 1. The van der Waals surface area contributed by atoms with Gasteiger partial charge in [0, 0.05) is 18.7 Å². The van der Waals surface area contributed by atoms with Crippen molar-refractivity contribution in [3.05, 3.63) is 99.3 Å². The number of hydrogen-bond acceptors (Lipinski definition) is 10. The fraction of sp³-hybridized carbons (Fsp3) is 0.379. The molecule has 2 N–H and O–H groups in total. The number of aromatic amines is 1. The summed E-state index contributed by atoms with van der Waals surface area (Å²) in [6.07, 6.45) is 1.42. The Labute approximate surface area is 247 Å². The van der Waals surface area contributed by atoms with E-state index in [0.29, 0.717) is 12.8 Å². The molecule has 3 aromatic rings. The minimum atomic E-state index is -4.13. The SMILES string of the molecule is C[C@H](NP(=O)(OCC1CCC(n2ccc(=O)[nH]c2=O)O1)Oc1ccccc1)C(=O)OCCCC(=O)OCc1ccccc1. The minimum absolute atomic E-state index is 0.0442. The first-order chi connectivity index (χ1) is 20.7. The summed E-state index contributed by atoms with van der Waals surface area (Å²) in [5.74, 6) is -0.882. The van der Waals surface area contributed by atoms with Gasteiger partial charge in [-0.1, -0.05) is 48.5 Å². The fourth-order valence-electron chi connectivity index (χ4n) is 4.17. The van der Waals surface area contributed by atoms with Gasteiger partial charge in [-0.3, -0.25) is 28.5 Å². The monoisotopic (exact) mass is 615 g/mol. The Hall–Kier alpha value is -4.03. The molecule has 230 valence electrons. The molecule has 1 aromatic heterocycles. The van der Waals surface area contributed by atoms with Gasteiger partial charge in [0.2, 0.25) is 0 Å². The number of esters is 2. The van der Waals surface area contributed by atoms with Crippen LogP contribution < -0.4 is 20.9 Å². The average molecular weight is 616 g/mol. The van der Waals surface area contributed by atoms with Crippen LogP contribution in [-0.4, -0.2) is 46.8 Å². The lowest BCUT2D eigenvalue weighted by atomic mass is 10.2. The second-order valence-corrected chi connectivity index (χ2v) is 11.5. The van der Waals surface area contributed by atoms with Crippen molar-refractivity contribution in [2.45, 2.75) is 57.6 Å². The third-order valence-corrected chi connectivity index (χ3v) is 8.01. The number of nitrogens with one attached hydrogen (secondary N) is 2. The largest absolute Gasteiger partial charge is 0.465 e. The summed E-state index contributed by atoms with van der Waals surface area (Å²) >= 11 is 0. The molecule has 4 atom stereocenters. The van der Waals surface area contributed by atoms with Crippen LogP contribution in [0.25, 0.3) is 0 Å². The van der Waals surface area contributed by atoms with E-state index in [9.17, 15) is 23.7 Å². The molecule has 0 amide bonds. The maximum absolute atomic E-state index is 13.7. The molecule has 1 aliphatic rings. The lowest BCUT2D eigenvalue weighted by molar-refractivity contribution is -0.149. The summed E-state index contributed by atoms with van der Waals surface area (Å²) in [7, 11) is -4.13. The number of hydrogen-bond donors (Lipinski definition) is 2. The normalized spacial score (nSPS) is 18.3. The van der Waals surface area contributed by atoms with E-state index < -0.39 is 49.3 Å². The molecule has 2 aromatic carbocycles. The molecule has 14 heteroatoms. The first-order valence-electron chi connectivity index (χ1n) is 13.8. The highest BCUT2D eigenvalue weighted by molar-refractivity contribution is 7.52. The number of benzene rings is 2. The third-order valence-electron chi connectivity index (χ3n) is 6.36. The molecule has 1 aliphatic heterocycles. The predicted molar refractivity (Wildman–Crippen MR) is 154 cm³/mol. The number of carbonyl (C=O) groups excluding carboxylic acids is 2. The Morgan fingerprint density at radius 2 is 1.77 bits per heavy atom. The first-order valence-corrected chi connectivity index (χ1v) is 15.4. The lowest BCUT2D eigenvalue weighted by Crippen LogP contribution is -2.36. The molecule has 0 spiro atoms. The summed E-state index contributed by atoms with van der Waals surface area (Å²) in [4.78, 5) is 50.3. The number of rotatable bonds is 15. The van der Waals surface area contributed by atoms with Gasteiger partial charge in [0.1, 0.15) is 24.6 Å². The van der Waals surface area contributed by atoms with Gasteiger partial charge in [0.05, 0.1) is 19.3 Å². The summed E-state index contributed by atoms with van der Waals surface area (Å²) in [6.45, 7) is 1.40. The van der Waals surface area contributed by atoms with Gasteiger partial charge in [-0.15, -0.1) is 0 Å². The Morgan fingerprint density at radius 1 is 1.05 bits per heavy atom. The molecule has 0 saturated carbocycles. The van der Waals surface area contributed by atoms with Crippen molar-refractivity contribution in [2.24, 2.45) is 0 Å². The topological polar surface area (TPSA) is 164 Å². The molecule has 0 aliphatic carbocycles. The Bertz CT molecular complexity index is 1510. The van der Waals surface area contributed by atoms with Crippen molar-refractivity contribution in [1.82, 2.24) is 14.6 Å². The molecule has 13 nitrogen and oxygen atoms in total. The molecular weight excluding hydrogens is 581 g/mol. The van der Waals surface area contributed by atoms with E-state index in [1.54, 1.807) is 30.3 Å². The Balaban J connectivity index is 1.26. The fourth-order valence-corrected chi connectivity index (χ4v) is 5.70. The summed E-state index contributed by atoms with van der Waals surface area (Å²) in [5.41, 5.74) is -0.247. The highest BCUT2D eigenvalue weighted by atomic mass is 31.2. The Kier molecular flexibility index (Phi) is 11.5. The number of ether oxygens (including phenoxy) is 3. The van der Waals surface area contributed by atoms with Gasteiger partial charge in [-0.25, -0.2) is 9.36 Å². The predicted octanol–water partition coefficient (Wildman–Crippen LogP) is 3.46. The molecule has 2 heterocycles. The molecular formula is C29H34N3O10P. The second kappa shape index (κ2) is 15.4. The zero-order valence-electron chi connectivity index (χ0n) is 23.6. The summed E-state index contributed by atoms with van der Waals surface area (Å²) in [5, 5.41) is 2.61. The molecule has 0 radical (unpaired) electrons. The second-order valence-electron chi connectivity index (χ2n) is 9.77. The molecule has 3 unspecified atom stereocenters. The quantitative estimate of drug-likeness (QED) is 0.146. The van der Waals surface area contributed by atoms with Gasteiger partial charge >= 0.3 is 25.4 Å². The van der Waals surface area contributed by atoms with Crippen molar-refractivity contribution in [1.29, 1.82) is 0 Å². The van der Waals surface area contributed by atoms with Crippen LogP contribution in [0.4, 0.5) is 0 Å². The van der Waals surface area contributed by atoms with Gasteiger partial charge in [0.25, 0.3) is 5.56 Å². The van der Waals surface area contributed by atoms with Crippen molar-refractivity contribution in [3.63, 3.8) is 0 Å². The van der Waals surface area contributed by atoms with Crippen LogP contribution in [0.15, 0.2) is 82.5 Å². The minimum Gasteiger partial charge on any atom is -0.465 e. The van der Waals surface area contributed by atoms with Crippen molar-refractivity contribution >= 4 is 19.7 Å². The smallest absolute Gasteiger partial charge is 0.459 e. The molecule has 4 rings (SSSR count). The average Bonchev–Trinajstić information content (AvgIpc) is 3.47. The number of carbonyl (C=O) groups is 2. The van der Waals surface area contributed by atoms with E-state index in [1.807, 2.05) is 30.3 Å². The van der Waals surface area contributed by atoms with Gasteiger partial charge in [-0.05, 0) is 43.9 Å². The van der Waals surface area contributed by atoms with E-state index >= 15 is 0 Å². The van der Waals surface area contributed by atoms with E-state index in [1.165, 1.54) is 23.8 Å². The first kappa shape index (κ1) is 31.9. The van der Waals surface area contributed by atoms with Crippen LogP contribution in [0.1, 0.15) is 44.4 Å². The van der Waals surface area contributed by atoms with Crippen LogP contribution in [0.3, 0.4) is 0 Å². The van der Waals surface area contributed by atoms with Crippen LogP contribution >= 0.6 is 7.75 Å². The van der Waals surface area contributed by atoms with E-state index in [0.717, 1.165) is 5.56 Å². The van der Waals surface area contributed by atoms with E-state index in [4.69, 9.17) is 23.3 Å². The Morgan fingerprint density at radius 3 is 2.49 bits per heavy atom. The highest BCUT2D eigenvalue weighted by Crippen LogP contribution is 2.45. The van der Waals surface area contributed by atoms with Crippen LogP contribution in [0, 0.1) is 0 Å². The molecule has 1 saturated heterocycles. The number of H-pyrrole nitrogens is 1. The summed E-state index contributed by atoms with van der Waals surface area (Å²) in [6, 6.07) is 17.7. The van der Waals surface area contributed by atoms with Gasteiger partial charge < -0.3 is 18.7 Å². The van der Waals surface area contributed by atoms with Crippen LogP contribution in [0.2, 0.25) is 0 Å². The third kappa shape index (κ3) is 10.0. The number of nitrogens with zero attached hydrogens (tertiary/aromatic N) is 1. The zero-order valence-corrected chi connectivity index (χ0v) is 24.5. The zero-order chi connectivity index (χ0) is 30.7. The highest BCUT2D eigenvalue weighted by Gasteiger charge is 2.35. The van der Waals surface area contributed by atoms with E-state index in [-0.39, 0.29) is 38.4 Å². The van der Waals surface area contributed by atoms with E-state index in [2.05, 4.69) is 10.1 Å². The van der Waals surface area contributed by atoms with Crippen molar-refractivity contribution in [3.8, 4) is 5.75 Å². The standard InChI is InChI=1S/C29H34N3O10P/c1-21(28(35)38-18-8-13-27(34)39-19-22-9-4-2-5-10-22)31-43(37,42-23-11-6-3-7-12-23)40-20-24-14-15-26(41-24)32-17-16-25(33)30-29(32)36/h2-7,9-12,16-17,21,24,26H,8,13-15,18-20H2,1H3,(H,31,37)(H,30,33,36)/t21-,24?,26?,43?/m0/s1. The molecule has 43 heavy (non-hydrogen) atoms. The summed E-state index contributed by atoms with van der Waals surface area (Å²) < 4.78 is 42.7. The van der Waals surface area contributed by atoms with Crippen LogP contribution in [-0.2, 0) is 39.5 Å². The van der Waals surface area contributed by atoms with Crippen LogP contribution in [0.5, 0.6) is 5.75 Å². The maximum Gasteiger partial charge on any atom is 0.459 e. The van der Waals surface area contributed by atoms with Gasteiger partial charge in [-0.2, -0.15) is 5.09 Å². The number of aromatic nitrogens is 2. The molecule has 1 fully saturated rings. The molecule has 0 bridgehead atoms. The van der Waals surface area contributed by atoms with Crippen molar-refractivity contribution < 1.29 is 37.4 Å². The maximum atomic E-state index is 13.7.